The van der Waals surface area contributed by atoms with Gasteiger partial charge in [-0.3, -0.25) is 9.10 Å². The van der Waals surface area contributed by atoms with Crippen LogP contribution < -0.4 is 18.7 Å². The molecule has 1 saturated heterocycles. The number of benzene rings is 3. The van der Waals surface area contributed by atoms with Crippen molar-refractivity contribution < 1.29 is 22.7 Å². The first-order valence-electron chi connectivity index (χ1n) is 11.6. The summed E-state index contributed by atoms with van der Waals surface area (Å²) in [5.74, 6) is 0.903. The average Bonchev–Trinajstić information content (AvgIpc) is 2.92. The van der Waals surface area contributed by atoms with E-state index in [-0.39, 0.29) is 17.3 Å². The van der Waals surface area contributed by atoms with Crippen LogP contribution in [0.15, 0.2) is 77.7 Å². The third-order valence-electron chi connectivity index (χ3n) is 6.43. The molecule has 0 unspecified atom stereocenters. The van der Waals surface area contributed by atoms with E-state index in [1.165, 1.54) is 28.6 Å². The number of rotatable bonds is 5. The largest absolute Gasteiger partial charge is 0.495 e. The number of amides is 1. The minimum atomic E-state index is -3.94. The van der Waals surface area contributed by atoms with E-state index in [0.717, 1.165) is 11.4 Å². The molecule has 0 radical (unpaired) electrons. The molecule has 2 heterocycles. The van der Waals surface area contributed by atoms with E-state index in [2.05, 4.69) is 4.90 Å². The van der Waals surface area contributed by atoms with Gasteiger partial charge in [-0.05, 0) is 48.5 Å². The van der Waals surface area contributed by atoms with E-state index in [1.807, 2.05) is 24.3 Å². The maximum absolute atomic E-state index is 13.5. The average molecular weight is 528 g/mol. The second kappa shape index (κ2) is 9.91. The molecule has 5 rings (SSSR count). The molecule has 2 aliphatic rings. The number of piperazine rings is 1. The van der Waals surface area contributed by atoms with Crippen LogP contribution in [0.4, 0.5) is 11.4 Å². The number of sulfonamides is 1. The Kier molecular flexibility index (Phi) is 6.68. The van der Waals surface area contributed by atoms with Crippen LogP contribution >= 0.6 is 11.6 Å². The number of fused-ring (bicyclic) bond motifs is 1. The van der Waals surface area contributed by atoms with Crippen LogP contribution in [0.1, 0.15) is 0 Å². The van der Waals surface area contributed by atoms with Gasteiger partial charge in [0.25, 0.3) is 15.9 Å². The van der Waals surface area contributed by atoms with Crippen molar-refractivity contribution in [2.24, 2.45) is 0 Å². The number of methoxy groups -OCH3 is 1. The lowest BCUT2D eigenvalue weighted by molar-refractivity contribution is -0.138. The molecular formula is C26H26ClN3O5S. The second-order valence-electron chi connectivity index (χ2n) is 8.55. The molecule has 0 aliphatic carbocycles. The van der Waals surface area contributed by atoms with Gasteiger partial charge in [-0.25, -0.2) is 8.42 Å². The number of nitrogens with zero attached hydrogens (tertiary/aromatic N) is 3. The van der Waals surface area contributed by atoms with Crippen LogP contribution in [0.2, 0.25) is 5.02 Å². The van der Waals surface area contributed by atoms with Crippen molar-refractivity contribution in [1.82, 2.24) is 4.90 Å². The predicted molar refractivity (Wildman–Crippen MR) is 139 cm³/mol. The van der Waals surface area contributed by atoms with Crippen LogP contribution in [0.5, 0.6) is 11.5 Å². The third-order valence-corrected chi connectivity index (χ3v) is 8.47. The van der Waals surface area contributed by atoms with E-state index in [0.29, 0.717) is 42.6 Å². The van der Waals surface area contributed by atoms with Crippen molar-refractivity contribution >= 4 is 38.9 Å². The first-order chi connectivity index (χ1) is 17.4. The maximum atomic E-state index is 13.5. The van der Waals surface area contributed by atoms with E-state index < -0.39 is 16.1 Å². The topological polar surface area (TPSA) is 79.4 Å². The second-order valence-corrected chi connectivity index (χ2v) is 10.8. The number of hydrogen-bond acceptors (Lipinski definition) is 6. The number of ether oxygens (including phenoxy) is 2. The zero-order valence-corrected chi connectivity index (χ0v) is 21.3. The highest BCUT2D eigenvalue weighted by atomic mass is 35.5. The molecule has 0 N–H and O–H groups in total. The first kappa shape index (κ1) is 24.3. The molecule has 188 valence electrons. The highest BCUT2D eigenvalue weighted by Crippen LogP contribution is 2.37. The Balaban J connectivity index is 1.35. The van der Waals surface area contributed by atoms with Gasteiger partial charge in [-0.15, -0.1) is 0 Å². The Labute approximate surface area is 215 Å². The van der Waals surface area contributed by atoms with Crippen LogP contribution in [0.25, 0.3) is 0 Å². The first-order valence-corrected chi connectivity index (χ1v) is 13.4. The van der Waals surface area contributed by atoms with Crippen molar-refractivity contribution in [3.8, 4) is 11.5 Å². The molecule has 1 amide bonds. The van der Waals surface area contributed by atoms with Gasteiger partial charge in [0.05, 0.1) is 29.9 Å². The highest BCUT2D eigenvalue weighted by molar-refractivity contribution is 7.92. The fraction of sp³-hybridized carbons (Fsp3) is 0.269. The number of para-hydroxylation sites is 4. The monoisotopic (exact) mass is 527 g/mol. The molecule has 36 heavy (non-hydrogen) atoms. The van der Waals surface area contributed by atoms with Gasteiger partial charge < -0.3 is 19.3 Å². The molecule has 0 aromatic heterocycles. The maximum Gasteiger partial charge on any atom is 0.265 e. The van der Waals surface area contributed by atoms with E-state index >= 15 is 0 Å². The molecule has 0 spiro atoms. The molecule has 10 heteroatoms. The fourth-order valence-electron chi connectivity index (χ4n) is 4.55. The Morgan fingerprint density at radius 1 is 0.917 bits per heavy atom. The van der Waals surface area contributed by atoms with E-state index in [1.54, 1.807) is 36.3 Å². The van der Waals surface area contributed by atoms with Crippen molar-refractivity contribution in [3.05, 3.63) is 77.8 Å². The van der Waals surface area contributed by atoms with Crippen LogP contribution in [0.3, 0.4) is 0 Å². The lowest BCUT2D eigenvalue weighted by Gasteiger charge is -2.40. The summed E-state index contributed by atoms with van der Waals surface area (Å²) in [6, 6.07) is 20.6. The summed E-state index contributed by atoms with van der Waals surface area (Å²) in [5, 5.41) is 0.441. The van der Waals surface area contributed by atoms with Gasteiger partial charge in [0.1, 0.15) is 11.5 Å². The van der Waals surface area contributed by atoms with Crippen LogP contribution in [0, 0.1) is 0 Å². The smallest absolute Gasteiger partial charge is 0.265 e. The van der Waals surface area contributed by atoms with Gasteiger partial charge in [-0.1, -0.05) is 35.9 Å². The van der Waals surface area contributed by atoms with Gasteiger partial charge in [0.15, 0.2) is 6.10 Å². The molecule has 0 bridgehead atoms. The number of anilines is 2. The van der Waals surface area contributed by atoms with Crippen molar-refractivity contribution in [2.75, 3.05) is 49.0 Å². The lowest BCUT2D eigenvalue weighted by atomic mass is 10.2. The van der Waals surface area contributed by atoms with Gasteiger partial charge in [-0.2, -0.15) is 0 Å². The third kappa shape index (κ3) is 4.56. The molecular weight excluding hydrogens is 502 g/mol. The molecule has 0 saturated carbocycles. The molecule has 3 aromatic rings. The molecule has 8 nitrogen and oxygen atoms in total. The number of carbonyl (C=O) groups is 1. The molecule has 3 aromatic carbocycles. The Bertz CT molecular complexity index is 1360. The summed E-state index contributed by atoms with van der Waals surface area (Å²) in [5.41, 5.74) is 1.38. The standard InChI is InChI=1S/C26H26ClN3O5S/c1-34-23-8-4-2-6-21(23)28-14-16-29(17-15-28)26(31)25-18-30(22-7-3-5-9-24(22)35-25)36(32,33)20-12-10-19(27)11-13-20/h2-13,25H,14-18H2,1H3/t25-/m1/s1. The number of hydrogen-bond donors (Lipinski definition) is 0. The predicted octanol–water partition coefficient (Wildman–Crippen LogP) is 3.65. The normalized spacial score (nSPS) is 17.8. The van der Waals surface area contributed by atoms with Gasteiger partial charge in [0.2, 0.25) is 0 Å². The minimum Gasteiger partial charge on any atom is -0.495 e. The Hall–Kier alpha value is -3.43. The van der Waals surface area contributed by atoms with E-state index in [4.69, 9.17) is 21.1 Å². The highest BCUT2D eigenvalue weighted by Gasteiger charge is 2.39. The number of carbonyl (C=O) groups excluding carboxylic acids is 1. The summed E-state index contributed by atoms with van der Waals surface area (Å²) in [6.07, 6.45) is -0.959. The zero-order chi connectivity index (χ0) is 25.3. The lowest BCUT2D eigenvalue weighted by Crippen LogP contribution is -2.56. The summed E-state index contributed by atoms with van der Waals surface area (Å²) in [7, 11) is -2.30. The van der Waals surface area contributed by atoms with Gasteiger partial charge in [0, 0.05) is 31.2 Å². The molecule has 2 aliphatic heterocycles. The van der Waals surface area contributed by atoms with Crippen molar-refractivity contribution in [2.45, 2.75) is 11.0 Å². The quantitative estimate of drug-likeness (QED) is 0.504. The molecule has 1 atom stereocenters. The Morgan fingerprint density at radius 2 is 1.56 bits per heavy atom. The van der Waals surface area contributed by atoms with Gasteiger partial charge >= 0.3 is 0 Å². The SMILES string of the molecule is COc1ccccc1N1CCN(C(=O)[C@H]2CN(S(=O)(=O)c3ccc(Cl)cc3)c3ccccc3O2)CC1. The Morgan fingerprint density at radius 3 is 2.25 bits per heavy atom. The fourth-order valence-corrected chi connectivity index (χ4v) is 6.16. The summed E-state index contributed by atoms with van der Waals surface area (Å²) in [4.78, 5) is 17.5. The zero-order valence-electron chi connectivity index (χ0n) is 19.7. The van der Waals surface area contributed by atoms with E-state index in [9.17, 15) is 13.2 Å². The van der Waals surface area contributed by atoms with Crippen LogP contribution in [-0.2, 0) is 14.8 Å². The van der Waals surface area contributed by atoms with Crippen molar-refractivity contribution in [1.29, 1.82) is 0 Å². The van der Waals surface area contributed by atoms with Crippen molar-refractivity contribution in [3.63, 3.8) is 0 Å². The van der Waals surface area contributed by atoms with Crippen LogP contribution in [-0.4, -0.2) is 65.2 Å². The summed E-state index contributed by atoms with van der Waals surface area (Å²) in [6.45, 7) is 2.11. The summed E-state index contributed by atoms with van der Waals surface area (Å²) < 4.78 is 39.9. The molecule has 1 fully saturated rings. The number of halogens is 1. The summed E-state index contributed by atoms with van der Waals surface area (Å²) >= 11 is 5.96. The minimum absolute atomic E-state index is 0.0974.